The summed E-state index contributed by atoms with van der Waals surface area (Å²) in [5.74, 6) is -1.67. The number of nitrogens with zero attached hydrogens (tertiary/aromatic N) is 10. The van der Waals surface area contributed by atoms with Crippen molar-refractivity contribution in [3.63, 3.8) is 0 Å². The molecule has 2 saturated heterocycles. The van der Waals surface area contributed by atoms with Crippen LogP contribution >= 0.6 is 23.2 Å². The maximum absolute atomic E-state index is 13.2. The Bertz CT molecular complexity index is 3370. The number of fused-ring (bicyclic) bond motifs is 4. The number of morpholine rings is 2. The SMILES string of the molecule is CCCNc1nc(Nc2ccc3c(c2S(=O)(=O)O)Oc2c(Cl)c4c(c(Cl)c2=N3)Oc2c(ccc(Nc3nc(CCCS(=O)(=O)O)nc(N5CCOCC5)n3)c2S(=O)(=O)O)N=4)nc(N2CCOCC2)n1. The highest BCUT2D eigenvalue weighted by Crippen LogP contribution is 2.49. The van der Waals surface area contributed by atoms with Gasteiger partial charge in [0.15, 0.2) is 32.8 Å². The maximum atomic E-state index is 13.2. The van der Waals surface area contributed by atoms with E-state index in [0.29, 0.717) is 65.1 Å². The number of rotatable bonds is 15. The summed E-state index contributed by atoms with van der Waals surface area (Å²) in [6.07, 6.45) is 0.680. The predicted molar refractivity (Wildman–Crippen MR) is 247 cm³/mol. The smallest absolute Gasteiger partial charge is 0.300 e. The predicted octanol–water partition coefficient (Wildman–Crippen LogP) is 3.77. The van der Waals surface area contributed by atoms with Crippen LogP contribution in [0.4, 0.5) is 52.5 Å². The molecule has 0 radical (unpaired) electrons. The molecule has 3 aromatic carbocycles. The minimum atomic E-state index is -5.18. The van der Waals surface area contributed by atoms with Gasteiger partial charge in [0, 0.05) is 39.1 Å². The number of aromatic nitrogens is 6. The third-order valence-corrected chi connectivity index (χ3v) is 13.9. The van der Waals surface area contributed by atoms with Crippen molar-refractivity contribution in [2.75, 3.05) is 90.7 Å². The van der Waals surface area contributed by atoms with E-state index in [1.807, 2.05) is 11.8 Å². The van der Waals surface area contributed by atoms with Gasteiger partial charge in [-0.15, -0.1) is 0 Å². The highest BCUT2D eigenvalue weighted by Gasteiger charge is 2.35. The summed E-state index contributed by atoms with van der Waals surface area (Å²) in [6.45, 7) is 5.84. The van der Waals surface area contributed by atoms with Crippen LogP contribution in [0.3, 0.4) is 0 Å². The van der Waals surface area contributed by atoms with Crippen molar-refractivity contribution in [1.29, 1.82) is 0 Å². The van der Waals surface area contributed by atoms with E-state index < -0.39 is 57.4 Å². The monoisotopic (exact) mass is 1050 g/mol. The van der Waals surface area contributed by atoms with E-state index in [1.165, 1.54) is 24.3 Å². The van der Waals surface area contributed by atoms with E-state index >= 15 is 0 Å². The van der Waals surface area contributed by atoms with Gasteiger partial charge >= 0.3 is 0 Å². The van der Waals surface area contributed by atoms with Crippen LogP contribution in [0.2, 0.25) is 10.0 Å². The fraction of sp³-hybridized carbons (Fsp3) is 0.368. The van der Waals surface area contributed by atoms with E-state index in [1.54, 1.807) is 4.90 Å². The van der Waals surface area contributed by atoms with Crippen LogP contribution in [0.1, 0.15) is 25.6 Å². The van der Waals surface area contributed by atoms with E-state index in [9.17, 15) is 38.9 Å². The molecule has 0 atom stereocenters. The minimum absolute atomic E-state index is 0.0185. The number of halogens is 2. The lowest BCUT2D eigenvalue weighted by atomic mass is 10.2. The second-order valence-corrected chi connectivity index (χ2v) is 20.4. The van der Waals surface area contributed by atoms with E-state index in [2.05, 4.69) is 55.8 Å². The zero-order valence-corrected chi connectivity index (χ0v) is 39.8. The Hall–Kier alpha value is -5.89. The largest absolute Gasteiger partial charge is 0.450 e. The topological polar surface area (TPSA) is 345 Å². The number of nitrogens with one attached hydrogen (secondary N) is 3. The normalized spacial score (nSPS) is 15.6. The van der Waals surface area contributed by atoms with Gasteiger partial charge in [-0.3, -0.25) is 13.7 Å². The molecule has 0 aliphatic carbocycles. The fourth-order valence-electron chi connectivity index (χ4n) is 7.42. The Morgan fingerprint density at radius 2 is 1.09 bits per heavy atom. The van der Waals surface area contributed by atoms with Gasteiger partial charge in [-0.1, -0.05) is 30.1 Å². The molecule has 4 aliphatic rings. The van der Waals surface area contributed by atoms with Crippen molar-refractivity contribution in [2.24, 2.45) is 9.98 Å². The van der Waals surface area contributed by atoms with Gasteiger partial charge in [0.1, 0.15) is 38.0 Å². The Labute approximate surface area is 402 Å². The summed E-state index contributed by atoms with van der Waals surface area (Å²) in [4.78, 5) is 37.7. The number of aryl methyl sites for hydroxylation is 1. The molecule has 6 N–H and O–H groups in total. The Balaban J connectivity index is 1.08. The van der Waals surface area contributed by atoms with Gasteiger partial charge in [0.05, 0.1) is 43.6 Å². The van der Waals surface area contributed by atoms with Crippen LogP contribution in [-0.4, -0.2) is 134 Å². The molecule has 0 amide bonds. The van der Waals surface area contributed by atoms with Gasteiger partial charge in [0.25, 0.3) is 30.4 Å². The standard InChI is InChI=1S/C38H39Cl2N13O13S3/c1-2-9-41-34-48-36(51-38(49-34)53-12-16-64-17-13-53)45-22-8-6-20-29(33(22)69(60,61)62)66-31-25(40)26-30(24(39)27(31)43-20)65-28-19(42-26)5-7-21(32(28)68(57,58)59)44-35-46-23(4-3-18-67(54,55)56)47-37(50-35)52-10-14-63-15-11-52/h5-8H,2-4,9-18H2,1H3,(H,54,55,56)(H,57,58,59)(H,60,61,62)(H,44,46,47,50)(H2,41,45,48,49,51). The lowest BCUT2D eigenvalue weighted by molar-refractivity contribution is 0.122. The van der Waals surface area contributed by atoms with E-state index in [-0.39, 0.29) is 97.5 Å². The quantitative estimate of drug-likeness (QED) is 0.0796. The summed E-state index contributed by atoms with van der Waals surface area (Å²) >= 11 is 13.8. The lowest BCUT2D eigenvalue weighted by Crippen LogP contribution is -2.37. The Morgan fingerprint density at radius 1 is 0.623 bits per heavy atom. The molecular weight excluding hydrogens is 1010 g/mol. The van der Waals surface area contributed by atoms with Gasteiger partial charge in [-0.2, -0.15) is 55.2 Å². The third-order valence-electron chi connectivity index (χ3n) is 10.5. The molecule has 2 fully saturated rings. The van der Waals surface area contributed by atoms with Crippen molar-refractivity contribution in [2.45, 2.75) is 36.0 Å². The van der Waals surface area contributed by atoms with Crippen molar-refractivity contribution in [3.05, 3.63) is 50.8 Å². The number of hydrogen-bond donors (Lipinski definition) is 6. The first-order valence-corrected chi connectivity index (χ1v) is 26.1. The molecule has 366 valence electrons. The number of ether oxygens (including phenoxy) is 4. The first kappa shape index (κ1) is 48.1. The maximum Gasteiger partial charge on any atom is 0.300 e. The molecule has 5 aromatic rings. The molecule has 2 aromatic heterocycles. The average molecular weight is 1050 g/mol. The van der Waals surface area contributed by atoms with Gasteiger partial charge in [-0.05, 0) is 37.1 Å². The van der Waals surface area contributed by atoms with Gasteiger partial charge in [-0.25, -0.2) is 9.98 Å². The number of anilines is 7. The molecule has 0 spiro atoms. The Morgan fingerprint density at radius 3 is 1.55 bits per heavy atom. The molecule has 26 nitrogen and oxygen atoms in total. The third kappa shape index (κ3) is 10.4. The van der Waals surface area contributed by atoms with Crippen LogP contribution in [0.15, 0.2) is 44.0 Å². The lowest BCUT2D eigenvalue weighted by Gasteiger charge is -2.27. The van der Waals surface area contributed by atoms with Crippen molar-refractivity contribution in [1.82, 2.24) is 29.9 Å². The summed E-state index contributed by atoms with van der Waals surface area (Å²) in [5.41, 5.74) is -0.806. The van der Waals surface area contributed by atoms with Crippen LogP contribution in [0, 0.1) is 0 Å². The summed E-state index contributed by atoms with van der Waals surface area (Å²) in [7, 11) is -14.6. The van der Waals surface area contributed by atoms with Crippen LogP contribution in [0.5, 0.6) is 23.0 Å². The molecule has 9 rings (SSSR count). The van der Waals surface area contributed by atoms with Gasteiger partial charge < -0.3 is 44.7 Å². The van der Waals surface area contributed by atoms with Crippen LogP contribution < -0.4 is 45.9 Å². The van der Waals surface area contributed by atoms with Crippen LogP contribution in [0.25, 0.3) is 0 Å². The molecule has 69 heavy (non-hydrogen) atoms. The molecule has 0 unspecified atom stereocenters. The van der Waals surface area contributed by atoms with Gasteiger partial charge in [0.2, 0.25) is 29.7 Å². The number of benzene rings is 3. The average Bonchev–Trinajstić information content (AvgIpc) is 3.30. The zero-order chi connectivity index (χ0) is 48.8. The van der Waals surface area contributed by atoms with Crippen molar-refractivity contribution >= 4 is 106 Å². The molecule has 0 saturated carbocycles. The highest BCUT2D eigenvalue weighted by atomic mass is 35.5. The van der Waals surface area contributed by atoms with E-state index in [4.69, 9.17) is 42.1 Å². The fourth-order valence-corrected chi connectivity index (χ4v) is 9.99. The highest BCUT2D eigenvalue weighted by molar-refractivity contribution is 7.86. The summed E-state index contributed by atoms with van der Waals surface area (Å²) in [5, 5.41) is 7.72. The summed E-state index contributed by atoms with van der Waals surface area (Å²) in [6, 6.07) is 5.21. The minimum Gasteiger partial charge on any atom is -0.450 e. The molecule has 31 heteroatoms. The summed E-state index contributed by atoms with van der Waals surface area (Å²) < 4.78 is 129. The molecule has 0 bridgehead atoms. The first-order chi connectivity index (χ1) is 32.8. The first-order valence-electron chi connectivity index (χ1n) is 20.9. The zero-order valence-electron chi connectivity index (χ0n) is 35.9. The second kappa shape index (κ2) is 19.1. The van der Waals surface area contributed by atoms with E-state index in [0.717, 1.165) is 6.42 Å². The van der Waals surface area contributed by atoms with Crippen molar-refractivity contribution < 1.29 is 57.9 Å². The Kier molecular flexibility index (Phi) is 13.3. The number of hydrogen-bond acceptors (Lipinski definition) is 23. The second-order valence-electron chi connectivity index (χ2n) is 15.4. The van der Waals surface area contributed by atoms with Crippen LogP contribution in [-0.2, 0) is 46.2 Å². The van der Waals surface area contributed by atoms with Crippen molar-refractivity contribution in [3.8, 4) is 23.0 Å². The molecule has 4 aliphatic heterocycles. The molecular formula is C38H39Cl2N13O13S3. The molecule has 6 heterocycles.